The largest absolute Gasteiger partial charge is 0.493 e. The van der Waals surface area contributed by atoms with E-state index >= 15 is 0 Å². The van der Waals surface area contributed by atoms with Crippen molar-refractivity contribution in [3.63, 3.8) is 0 Å². The van der Waals surface area contributed by atoms with E-state index in [1.165, 1.54) is 15.6 Å². The van der Waals surface area contributed by atoms with Crippen LogP contribution < -0.4 is 19.5 Å². The highest BCUT2D eigenvalue weighted by Crippen LogP contribution is 2.44. The van der Waals surface area contributed by atoms with Gasteiger partial charge in [0, 0.05) is 30.9 Å². The molecule has 0 saturated carbocycles. The zero-order valence-electron chi connectivity index (χ0n) is 19.6. The Hall–Kier alpha value is -3.06. The molecule has 1 fully saturated rings. The molecule has 1 unspecified atom stereocenters. The summed E-state index contributed by atoms with van der Waals surface area (Å²) in [6.45, 7) is 4.36. The third-order valence-electron chi connectivity index (χ3n) is 6.35. The first-order chi connectivity index (χ1) is 16.8. The molecule has 1 aromatic heterocycles. The molecule has 1 aliphatic heterocycles. The predicted molar refractivity (Wildman–Crippen MR) is 138 cm³/mol. The lowest BCUT2D eigenvalue weighted by Gasteiger charge is -2.35. The van der Waals surface area contributed by atoms with Crippen molar-refractivity contribution >= 4 is 21.4 Å². The lowest BCUT2D eigenvalue weighted by atomic mass is 9.95. The van der Waals surface area contributed by atoms with E-state index in [1.807, 2.05) is 18.2 Å². The van der Waals surface area contributed by atoms with Crippen molar-refractivity contribution in [3.05, 3.63) is 88.8 Å². The van der Waals surface area contributed by atoms with Gasteiger partial charge in [-0.25, -0.2) is 0 Å². The second-order valence-corrected chi connectivity index (χ2v) is 9.32. The number of benzene rings is 3. The van der Waals surface area contributed by atoms with Crippen molar-refractivity contribution in [1.82, 2.24) is 10.2 Å². The molecule has 5 rings (SSSR count). The second-order valence-electron chi connectivity index (χ2n) is 8.40. The summed E-state index contributed by atoms with van der Waals surface area (Å²) in [4.78, 5) is 2.55. The molecular formula is C28H30N2O3S. The first-order valence-electron chi connectivity index (χ1n) is 11.6. The first-order valence-corrected chi connectivity index (χ1v) is 12.5. The molecule has 0 radical (unpaired) electrons. The van der Waals surface area contributed by atoms with E-state index in [1.54, 1.807) is 25.6 Å². The van der Waals surface area contributed by atoms with Gasteiger partial charge in [0.15, 0.2) is 11.5 Å². The fraction of sp³-hybridized carbons (Fsp3) is 0.286. The van der Waals surface area contributed by atoms with Crippen molar-refractivity contribution in [3.8, 4) is 17.2 Å². The van der Waals surface area contributed by atoms with Gasteiger partial charge in [0.2, 0.25) is 5.75 Å². The zero-order valence-corrected chi connectivity index (χ0v) is 20.4. The van der Waals surface area contributed by atoms with Gasteiger partial charge < -0.3 is 19.5 Å². The van der Waals surface area contributed by atoms with E-state index in [0.29, 0.717) is 23.9 Å². The van der Waals surface area contributed by atoms with Crippen LogP contribution in [0.1, 0.15) is 22.7 Å². The topological polar surface area (TPSA) is 43.0 Å². The van der Waals surface area contributed by atoms with Crippen LogP contribution in [0.2, 0.25) is 0 Å². The average Bonchev–Trinajstić information content (AvgIpc) is 3.32. The molecule has 1 saturated heterocycles. The summed E-state index contributed by atoms with van der Waals surface area (Å²) < 4.78 is 19.2. The lowest BCUT2D eigenvalue weighted by Crippen LogP contribution is -2.45. The Morgan fingerprint density at radius 3 is 2.29 bits per heavy atom. The third-order valence-corrected chi connectivity index (χ3v) is 7.33. The van der Waals surface area contributed by atoms with Crippen molar-refractivity contribution in [2.24, 2.45) is 0 Å². The molecule has 6 heteroatoms. The normalized spacial score (nSPS) is 15.2. The number of piperazine rings is 1. The fourth-order valence-corrected chi connectivity index (χ4v) is 5.65. The van der Waals surface area contributed by atoms with E-state index < -0.39 is 0 Å². The van der Waals surface area contributed by atoms with Crippen LogP contribution in [0.5, 0.6) is 17.2 Å². The minimum atomic E-state index is 0.101. The molecule has 0 amide bonds. The average molecular weight is 475 g/mol. The van der Waals surface area contributed by atoms with Crippen LogP contribution in [0.4, 0.5) is 0 Å². The maximum Gasteiger partial charge on any atom is 0.203 e. The zero-order chi connectivity index (χ0) is 23.3. The van der Waals surface area contributed by atoms with E-state index in [-0.39, 0.29) is 6.04 Å². The van der Waals surface area contributed by atoms with Crippen molar-refractivity contribution in [1.29, 1.82) is 0 Å². The predicted octanol–water partition coefficient (Wildman–Crippen LogP) is 5.49. The van der Waals surface area contributed by atoms with Gasteiger partial charge in [0.25, 0.3) is 0 Å². The Kier molecular flexibility index (Phi) is 7.00. The number of ether oxygens (including phenoxy) is 3. The highest BCUT2D eigenvalue weighted by atomic mass is 32.1. The van der Waals surface area contributed by atoms with Gasteiger partial charge in [-0.05, 0) is 45.7 Å². The van der Waals surface area contributed by atoms with Gasteiger partial charge in [-0.2, -0.15) is 0 Å². The van der Waals surface area contributed by atoms with E-state index in [2.05, 4.69) is 64.1 Å². The number of nitrogens with zero attached hydrogens (tertiary/aromatic N) is 1. The summed E-state index contributed by atoms with van der Waals surface area (Å²) in [5.74, 6) is 2.00. The van der Waals surface area contributed by atoms with Crippen LogP contribution in [0.25, 0.3) is 10.1 Å². The summed E-state index contributed by atoms with van der Waals surface area (Å²) in [5.41, 5.74) is 3.56. The molecular weight excluding hydrogens is 444 g/mol. The highest BCUT2D eigenvalue weighted by Gasteiger charge is 2.28. The summed E-state index contributed by atoms with van der Waals surface area (Å²) in [7, 11) is 3.38. The van der Waals surface area contributed by atoms with Crippen LogP contribution in [-0.4, -0.2) is 45.3 Å². The standard InChI is InChI=1S/C28H30N2O3S/c1-31-24-16-21(17-25(32-2)28(24)33-18-20-8-4-3-5-9-20)27(30-14-12-29-13-15-30)23-19-34-26-11-7-6-10-22(23)26/h3-11,16-17,19,27,29H,12-15,18H2,1-2H3. The number of fused-ring (bicyclic) bond motifs is 1. The summed E-state index contributed by atoms with van der Waals surface area (Å²) >= 11 is 1.80. The minimum Gasteiger partial charge on any atom is -0.493 e. The summed E-state index contributed by atoms with van der Waals surface area (Å²) in [5, 5.41) is 7.09. The Morgan fingerprint density at radius 2 is 1.59 bits per heavy atom. The van der Waals surface area contributed by atoms with E-state index in [4.69, 9.17) is 14.2 Å². The molecule has 176 valence electrons. The minimum absolute atomic E-state index is 0.101. The Bertz CT molecular complexity index is 1210. The number of thiophene rings is 1. The van der Waals surface area contributed by atoms with Crippen LogP contribution in [0.3, 0.4) is 0 Å². The van der Waals surface area contributed by atoms with Crippen molar-refractivity contribution in [2.45, 2.75) is 12.6 Å². The molecule has 3 aromatic carbocycles. The smallest absolute Gasteiger partial charge is 0.203 e. The number of hydrogen-bond donors (Lipinski definition) is 1. The number of nitrogens with one attached hydrogen (secondary N) is 1. The SMILES string of the molecule is COc1cc(C(c2csc3ccccc23)N2CCNCC2)cc(OC)c1OCc1ccccc1. The van der Waals surface area contributed by atoms with Gasteiger partial charge in [0.05, 0.1) is 20.3 Å². The Labute approximate surface area is 204 Å². The van der Waals surface area contributed by atoms with E-state index in [0.717, 1.165) is 37.3 Å². The van der Waals surface area contributed by atoms with Crippen LogP contribution in [-0.2, 0) is 6.61 Å². The van der Waals surface area contributed by atoms with E-state index in [9.17, 15) is 0 Å². The van der Waals surface area contributed by atoms with Gasteiger partial charge in [0.1, 0.15) is 6.61 Å². The summed E-state index contributed by atoms with van der Waals surface area (Å²) in [6.07, 6.45) is 0. The molecule has 1 N–H and O–H groups in total. The number of methoxy groups -OCH3 is 2. The van der Waals surface area contributed by atoms with Crippen LogP contribution in [0, 0.1) is 0 Å². The molecule has 1 atom stereocenters. The third kappa shape index (κ3) is 4.62. The Morgan fingerprint density at radius 1 is 0.912 bits per heavy atom. The van der Waals surface area contributed by atoms with Crippen molar-refractivity contribution < 1.29 is 14.2 Å². The van der Waals surface area contributed by atoms with Gasteiger partial charge in [-0.15, -0.1) is 11.3 Å². The maximum atomic E-state index is 6.21. The van der Waals surface area contributed by atoms with Crippen LogP contribution in [0.15, 0.2) is 72.1 Å². The molecule has 5 nitrogen and oxygen atoms in total. The second kappa shape index (κ2) is 10.5. The Balaban J connectivity index is 1.57. The van der Waals surface area contributed by atoms with Crippen LogP contribution >= 0.6 is 11.3 Å². The number of rotatable bonds is 8. The molecule has 0 aliphatic carbocycles. The molecule has 1 aliphatic rings. The fourth-order valence-electron chi connectivity index (χ4n) is 4.67. The molecule has 2 heterocycles. The quantitative estimate of drug-likeness (QED) is 0.366. The first kappa shape index (κ1) is 22.7. The van der Waals surface area contributed by atoms with Gasteiger partial charge >= 0.3 is 0 Å². The number of hydrogen-bond acceptors (Lipinski definition) is 6. The molecule has 0 spiro atoms. The van der Waals surface area contributed by atoms with Gasteiger partial charge in [-0.1, -0.05) is 48.5 Å². The molecule has 34 heavy (non-hydrogen) atoms. The highest BCUT2D eigenvalue weighted by molar-refractivity contribution is 7.17. The molecule has 4 aromatic rings. The van der Waals surface area contributed by atoms with Crippen molar-refractivity contribution in [2.75, 3.05) is 40.4 Å². The maximum absolute atomic E-state index is 6.21. The van der Waals surface area contributed by atoms with Gasteiger partial charge in [-0.3, -0.25) is 4.90 Å². The summed E-state index contributed by atoms with van der Waals surface area (Å²) in [6, 6.07) is 23.1. The lowest BCUT2D eigenvalue weighted by molar-refractivity contribution is 0.198. The monoisotopic (exact) mass is 474 g/mol. The molecule has 0 bridgehead atoms.